The van der Waals surface area contributed by atoms with Gasteiger partial charge in [0.25, 0.3) is 0 Å². The number of nitrogens with one attached hydrogen (secondary N) is 1. The molecule has 4 heteroatoms. The number of amides is 1. The van der Waals surface area contributed by atoms with Gasteiger partial charge in [-0.3, -0.25) is 4.79 Å². The van der Waals surface area contributed by atoms with Gasteiger partial charge in [-0.25, -0.2) is 0 Å². The summed E-state index contributed by atoms with van der Waals surface area (Å²) in [6.45, 7) is 7.91. The van der Waals surface area contributed by atoms with Gasteiger partial charge in [-0.2, -0.15) is 0 Å². The highest BCUT2D eigenvalue weighted by Crippen LogP contribution is 1.99. The monoisotopic (exact) mass is 216 g/mol. The molecule has 0 radical (unpaired) electrons. The van der Waals surface area contributed by atoms with Crippen molar-refractivity contribution in [2.24, 2.45) is 11.7 Å². The van der Waals surface area contributed by atoms with Crippen LogP contribution in [0.3, 0.4) is 0 Å². The molecule has 0 aliphatic heterocycles. The molecule has 4 nitrogen and oxygen atoms in total. The summed E-state index contributed by atoms with van der Waals surface area (Å²) in [5, 5.41) is 2.87. The van der Waals surface area contributed by atoms with Gasteiger partial charge >= 0.3 is 0 Å². The second-order valence-electron chi connectivity index (χ2n) is 3.84. The van der Waals surface area contributed by atoms with Gasteiger partial charge in [-0.05, 0) is 26.7 Å². The lowest BCUT2D eigenvalue weighted by atomic mass is 10.0. The van der Waals surface area contributed by atoms with Gasteiger partial charge in [0.1, 0.15) is 0 Å². The van der Waals surface area contributed by atoms with E-state index in [-0.39, 0.29) is 17.9 Å². The summed E-state index contributed by atoms with van der Waals surface area (Å²) in [4.78, 5) is 11.5. The average Bonchev–Trinajstić information content (AvgIpc) is 2.21. The van der Waals surface area contributed by atoms with Crippen molar-refractivity contribution in [3.05, 3.63) is 0 Å². The number of ether oxygens (including phenoxy) is 1. The fourth-order valence-electron chi connectivity index (χ4n) is 1.08. The number of carbonyl (C=O) groups is 1. The van der Waals surface area contributed by atoms with Gasteiger partial charge in [0, 0.05) is 31.7 Å². The zero-order valence-corrected chi connectivity index (χ0v) is 10.1. The Balaban J connectivity index is 3.39. The van der Waals surface area contributed by atoms with E-state index in [1.807, 2.05) is 20.8 Å². The van der Waals surface area contributed by atoms with E-state index in [4.69, 9.17) is 10.5 Å². The quantitative estimate of drug-likeness (QED) is 0.593. The van der Waals surface area contributed by atoms with Crippen LogP contribution in [0.1, 0.15) is 33.6 Å². The number of carbonyl (C=O) groups excluding carboxylic acids is 1. The van der Waals surface area contributed by atoms with E-state index >= 15 is 0 Å². The highest BCUT2D eigenvalue weighted by atomic mass is 16.5. The summed E-state index contributed by atoms with van der Waals surface area (Å²) in [6, 6.07) is -0.0894. The van der Waals surface area contributed by atoms with E-state index in [1.165, 1.54) is 0 Å². The largest absolute Gasteiger partial charge is 0.382 e. The summed E-state index contributed by atoms with van der Waals surface area (Å²) in [5.74, 6) is -0.0710. The molecule has 15 heavy (non-hydrogen) atoms. The van der Waals surface area contributed by atoms with Crippen LogP contribution in [0, 0.1) is 5.92 Å². The molecule has 0 fully saturated rings. The van der Waals surface area contributed by atoms with Crippen LogP contribution in [-0.4, -0.2) is 31.7 Å². The smallest absolute Gasteiger partial charge is 0.224 e. The first-order valence-electron chi connectivity index (χ1n) is 5.70. The Morgan fingerprint density at radius 2 is 2.07 bits per heavy atom. The maximum Gasteiger partial charge on any atom is 0.224 e. The summed E-state index contributed by atoms with van der Waals surface area (Å²) in [6.07, 6.45) is 1.94. The van der Waals surface area contributed by atoms with Crippen molar-refractivity contribution in [2.75, 3.05) is 19.8 Å². The first kappa shape index (κ1) is 14.4. The third kappa shape index (κ3) is 7.33. The predicted molar refractivity (Wildman–Crippen MR) is 61.6 cm³/mol. The van der Waals surface area contributed by atoms with E-state index < -0.39 is 0 Å². The first-order valence-corrected chi connectivity index (χ1v) is 5.70. The molecular formula is C11H24N2O2. The van der Waals surface area contributed by atoms with Crippen LogP contribution in [0.5, 0.6) is 0 Å². The molecule has 0 spiro atoms. The SMILES string of the molecule is CCOCCCCNC(=O)C(C)C(C)N. The summed E-state index contributed by atoms with van der Waals surface area (Å²) in [5.41, 5.74) is 5.63. The fraction of sp³-hybridized carbons (Fsp3) is 0.909. The van der Waals surface area contributed by atoms with Crippen molar-refractivity contribution in [2.45, 2.75) is 39.7 Å². The Hall–Kier alpha value is -0.610. The number of nitrogens with two attached hydrogens (primary N) is 1. The van der Waals surface area contributed by atoms with Crippen molar-refractivity contribution in [1.82, 2.24) is 5.32 Å². The minimum atomic E-state index is -0.114. The summed E-state index contributed by atoms with van der Waals surface area (Å²) in [7, 11) is 0. The zero-order valence-electron chi connectivity index (χ0n) is 10.1. The molecule has 1 amide bonds. The van der Waals surface area contributed by atoms with Crippen molar-refractivity contribution in [1.29, 1.82) is 0 Å². The molecule has 2 atom stereocenters. The van der Waals surface area contributed by atoms with Gasteiger partial charge in [0.15, 0.2) is 0 Å². The molecule has 0 saturated carbocycles. The van der Waals surface area contributed by atoms with Gasteiger partial charge in [0.2, 0.25) is 5.91 Å². The zero-order chi connectivity index (χ0) is 11.7. The minimum absolute atomic E-state index is 0.0430. The molecule has 2 unspecified atom stereocenters. The normalized spacial score (nSPS) is 14.7. The van der Waals surface area contributed by atoms with Crippen molar-refractivity contribution >= 4 is 5.91 Å². The Morgan fingerprint density at radius 1 is 1.40 bits per heavy atom. The molecule has 0 aliphatic carbocycles. The summed E-state index contributed by atoms with van der Waals surface area (Å²) < 4.78 is 5.19. The lowest BCUT2D eigenvalue weighted by molar-refractivity contribution is -0.124. The second kappa shape index (κ2) is 8.68. The molecule has 0 aromatic heterocycles. The highest BCUT2D eigenvalue weighted by molar-refractivity contribution is 5.78. The average molecular weight is 216 g/mol. The second-order valence-corrected chi connectivity index (χ2v) is 3.84. The third-order valence-corrected chi connectivity index (χ3v) is 2.42. The number of hydrogen-bond acceptors (Lipinski definition) is 3. The van der Waals surface area contributed by atoms with E-state index in [1.54, 1.807) is 0 Å². The van der Waals surface area contributed by atoms with Crippen LogP contribution in [0.2, 0.25) is 0 Å². The van der Waals surface area contributed by atoms with Crippen LogP contribution < -0.4 is 11.1 Å². The van der Waals surface area contributed by atoms with E-state index in [0.717, 1.165) is 26.1 Å². The van der Waals surface area contributed by atoms with Gasteiger partial charge in [0.05, 0.1) is 0 Å². The summed E-state index contributed by atoms with van der Waals surface area (Å²) >= 11 is 0. The van der Waals surface area contributed by atoms with Gasteiger partial charge < -0.3 is 15.8 Å². The number of unbranched alkanes of at least 4 members (excludes halogenated alkanes) is 1. The molecule has 3 N–H and O–H groups in total. The maximum atomic E-state index is 11.5. The van der Waals surface area contributed by atoms with Crippen LogP contribution in [-0.2, 0) is 9.53 Å². The van der Waals surface area contributed by atoms with Gasteiger partial charge in [-0.15, -0.1) is 0 Å². The van der Waals surface area contributed by atoms with Crippen LogP contribution in [0.25, 0.3) is 0 Å². The van der Waals surface area contributed by atoms with Crippen molar-refractivity contribution in [3.63, 3.8) is 0 Å². The van der Waals surface area contributed by atoms with Crippen molar-refractivity contribution in [3.8, 4) is 0 Å². The maximum absolute atomic E-state index is 11.5. The Labute approximate surface area is 92.6 Å². The molecule has 0 rings (SSSR count). The Bertz CT molecular complexity index is 172. The fourth-order valence-corrected chi connectivity index (χ4v) is 1.08. The van der Waals surface area contributed by atoms with Crippen LogP contribution in [0.15, 0.2) is 0 Å². The number of hydrogen-bond donors (Lipinski definition) is 2. The molecule has 0 aliphatic rings. The highest BCUT2D eigenvalue weighted by Gasteiger charge is 2.15. The molecule has 0 aromatic carbocycles. The van der Waals surface area contributed by atoms with E-state index in [2.05, 4.69) is 5.32 Å². The molecule has 0 saturated heterocycles. The lowest BCUT2D eigenvalue weighted by Gasteiger charge is -2.15. The molecule has 0 heterocycles. The molecule has 90 valence electrons. The minimum Gasteiger partial charge on any atom is -0.382 e. The lowest BCUT2D eigenvalue weighted by Crippen LogP contribution is -2.38. The van der Waals surface area contributed by atoms with Gasteiger partial charge in [-0.1, -0.05) is 6.92 Å². The Morgan fingerprint density at radius 3 is 2.60 bits per heavy atom. The topological polar surface area (TPSA) is 64.3 Å². The van der Waals surface area contributed by atoms with E-state index in [9.17, 15) is 4.79 Å². The Kier molecular flexibility index (Phi) is 8.33. The first-order chi connectivity index (χ1) is 7.09. The molecule has 0 bridgehead atoms. The molecular weight excluding hydrogens is 192 g/mol. The van der Waals surface area contributed by atoms with Crippen LogP contribution >= 0.6 is 0 Å². The molecule has 0 aromatic rings. The van der Waals surface area contributed by atoms with Crippen molar-refractivity contribution < 1.29 is 9.53 Å². The number of rotatable bonds is 8. The standard InChI is InChI=1S/C11H24N2O2/c1-4-15-8-6-5-7-13-11(14)9(2)10(3)12/h9-10H,4-8,12H2,1-3H3,(H,13,14). The van der Waals surface area contributed by atoms with Crippen LogP contribution in [0.4, 0.5) is 0 Å². The third-order valence-electron chi connectivity index (χ3n) is 2.42. The van der Waals surface area contributed by atoms with E-state index in [0.29, 0.717) is 6.54 Å². The predicted octanol–water partition coefficient (Wildman–Crippen LogP) is 0.903.